The minimum atomic E-state index is -0.0778. The van der Waals surface area contributed by atoms with E-state index >= 15 is 0 Å². The summed E-state index contributed by atoms with van der Waals surface area (Å²) in [5.74, 6) is 4.62. The molecule has 138 valence electrons. The summed E-state index contributed by atoms with van der Waals surface area (Å²) in [5, 5.41) is 12.9. The van der Waals surface area contributed by atoms with Crippen LogP contribution >= 0.6 is 11.8 Å². The van der Waals surface area contributed by atoms with Gasteiger partial charge in [-0.05, 0) is 69.6 Å². The second-order valence-corrected chi connectivity index (χ2v) is 9.43. The van der Waals surface area contributed by atoms with Gasteiger partial charge in [-0.3, -0.25) is 4.79 Å². The van der Waals surface area contributed by atoms with Gasteiger partial charge in [0.15, 0.2) is 11.0 Å². The van der Waals surface area contributed by atoms with E-state index in [1.165, 1.54) is 19.3 Å². The molecule has 1 N–H and O–H groups in total. The number of nitrogens with one attached hydrogen (secondary N) is 1. The Morgan fingerprint density at radius 2 is 1.80 bits per heavy atom. The predicted octanol–water partition coefficient (Wildman–Crippen LogP) is 3.63. The first-order chi connectivity index (χ1) is 12.1. The number of thioether (sulfide) groups is 1. The van der Waals surface area contributed by atoms with E-state index in [2.05, 4.69) is 33.9 Å². The Kier molecular flexibility index (Phi) is 4.82. The number of aromatic nitrogens is 3. The Hall–Kier alpha value is -1.04. The normalized spacial score (nSPS) is 33.0. The van der Waals surface area contributed by atoms with Crippen LogP contribution in [0.15, 0.2) is 5.16 Å². The Morgan fingerprint density at radius 1 is 1.16 bits per heavy atom. The van der Waals surface area contributed by atoms with E-state index in [4.69, 9.17) is 0 Å². The molecule has 0 spiro atoms. The van der Waals surface area contributed by atoms with E-state index in [0.717, 1.165) is 66.7 Å². The molecule has 4 aliphatic carbocycles. The maximum Gasteiger partial charge on any atom is 0.226 e. The van der Waals surface area contributed by atoms with E-state index < -0.39 is 0 Å². The number of nitrogens with zero attached hydrogens (tertiary/aromatic N) is 3. The van der Waals surface area contributed by atoms with Gasteiger partial charge in [-0.25, -0.2) is 0 Å². The average Bonchev–Trinajstić information content (AvgIpc) is 2.98. The third-order valence-corrected chi connectivity index (χ3v) is 7.64. The molecule has 4 aliphatic rings. The fourth-order valence-electron chi connectivity index (χ4n) is 5.80. The first kappa shape index (κ1) is 17.4. The molecule has 4 fully saturated rings. The molecule has 4 bridgehead atoms. The van der Waals surface area contributed by atoms with Crippen molar-refractivity contribution in [2.24, 2.45) is 23.2 Å². The van der Waals surface area contributed by atoms with Gasteiger partial charge in [0, 0.05) is 17.7 Å². The molecule has 0 aliphatic heterocycles. The summed E-state index contributed by atoms with van der Waals surface area (Å²) in [6, 6.07) is 0. The van der Waals surface area contributed by atoms with Crippen molar-refractivity contribution in [2.75, 3.05) is 5.75 Å². The van der Waals surface area contributed by atoms with Crippen LogP contribution in [0.3, 0.4) is 0 Å². The van der Waals surface area contributed by atoms with Crippen molar-refractivity contribution in [1.29, 1.82) is 0 Å². The topological polar surface area (TPSA) is 59.8 Å². The van der Waals surface area contributed by atoms with Gasteiger partial charge in [0.05, 0.1) is 6.54 Å². The minimum absolute atomic E-state index is 0.0778. The highest BCUT2D eigenvalue weighted by Gasteiger charge is 2.54. The quantitative estimate of drug-likeness (QED) is 0.753. The van der Waals surface area contributed by atoms with Crippen LogP contribution in [0.2, 0.25) is 0 Å². The molecular formula is C19H30N4OS. The third-order valence-electron chi connectivity index (χ3n) is 6.47. The first-order valence-corrected chi connectivity index (χ1v) is 10.9. The zero-order valence-corrected chi connectivity index (χ0v) is 16.3. The molecule has 1 heterocycles. The lowest BCUT2D eigenvalue weighted by Crippen LogP contribution is -2.53. The molecular weight excluding hydrogens is 332 g/mol. The van der Waals surface area contributed by atoms with Crippen molar-refractivity contribution >= 4 is 17.7 Å². The third kappa shape index (κ3) is 3.22. The van der Waals surface area contributed by atoms with Gasteiger partial charge in [-0.2, -0.15) is 0 Å². The molecule has 25 heavy (non-hydrogen) atoms. The number of rotatable bonds is 7. The molecule has 0 atom stereocenters. The number of hydrogen-bond acceptors (Lipinski definition) is 4. The van der Waals surface area contributed by atoms with Gasteiger partial charge in [-0.1, -0.05) is 18.7 Å². The molecule has 0 saturated heterocycles. The van der Waals surface area contributed by atoms with Crippen LogP contribution in [0.5, 0.6) is 0 Å². The van der Waals surface area contributed by atoms with Gasteiger partial charge in [0.25, 0.3) is 0 Å². The van der Waals surface area contributed by atoms with Crippen LogP contribution in [-0.4, -0.2) is 26.4 Å². The molecule has 5 nitrogen and oxygen atoms in total. The standard InChI is InChI=1S/C19H30N4OS/c1-3-5-25-18-22-21-16(23(18)4-2)12-20-17(24)19-9-13-6-14(10-19)8-15(7-13)11-19/h13-15H,3-12H2,1-2H3,(H,20,24). The number of amides is 1. The Morgan fingerprint density at radius 3 is 2.36 bits per heavy atom. The summed E-state index contributed by atoms with van der Waals surface area (Å²) < 4.78 is 2.14. The number of hydrogen-bond donors (Lipinski definition) is 1. The van der Waals surface area contributed by atoms with Gasteiger partial charge >= 0.3 is 0 Å². The van der Waals surface area contributed by atoms with Crippen molar-refractivity contribution in [3.63, 3.8) is 0 Å². The van der Waals surface area contributed by atoms with Gasteiger partial charge in [0.1, 0.15) is 0 Å². The van der Waals surface area contributed by atoms with Crippen LogP contribution in [0.4, 0.5) is 0 Å². The van der Waals surface area contributed by atoms with E-state index in [1.807, 2.05) is 0 Å². The van der Waals surface area contributed by atoms with Crippen molar-refractivity contribution in [2.45, 2.75) is 77.0 Å². The van der Waals surface area contributed by atoms with Crippen LogP contribution in [0.1, 0.15) is 64.6 Å². The highest BCUT2D eigenvalue weighted by Crippen LogP contribution is 2.60. The molecule has 0 unspecified atom stereocenters. The molecule has 1 amide bonds. The van der Waals surface area contributed by atoms with Crippen molar-refractivity contribution in [3.8, 4) is 0 Å². The second-order valence-electron chi connectivity index (χ2n) is 8.37. The van der Waals surface area contributed by atoms with Crippen molar-refractivity contribution in [1.82, 2.24) is 20.1 Å². The van der Waals surface area contributed by atoms with E-state index in [0.29, 0.717) is 6.54 Å². The van der Waals surface area contributed by atoms with Gasteiger partial charge < -0.3 is 9.88 Å². The molecule has 0 radical (unpaired) electrons. The lowest BCUT2D eigenvalue weighted by Gasteiger charge is -2.55. The van der Waals surface area contributed by atoms with Crippen molar-refractivity contribution < 1.29 is 4.79 Å². The predicted molar refractivity (Wildman–Crippen MR) is 99.2 cm³/mol. The van der Waals surface area contributed by atoms with E-state index in [9.17, 15) is 4.79 Å². The van der Waals surface area contributed by atoms with E-state index in [-0.39, 0.29) is 11.3 Å². The fourth-order valence-corrected chi connectivity index (χ4v) is 6.68. The summed E-state index contributed by atoms with van der Waals surface area (Å²) in [4.78, 5) is 13.1. The number of carbonyl (C=O) groups excluding carboxylic acids is 1. The van der Waals surface area contributed by atoms with Crippen molar-refractivity contribution in [3.05, 3.63) is 5.82 Å². The summed E-state index contributed by atoms with van der Waals surface area (Å²) in [6.07, 6.45) is 8.58. The summed E-state index contributed by atoms with van der Waals surface area (Å²) in [5.41, 5.74) is -0.0778. The molecule has 6 heteroatoms. The fraction of sp³-hybridized carbons (Fsp3) is 0.842. The zero-order valence-electron chi connectivity index (χ0n) is 15.5. The molecule has 1 aromatic heterocycles. The monoisotopic (exact) mass is 362 g/mol. The SMILES string of the molecule is CCCSc1nnc(CNC(=O)C23CC4CC(CC(C4)C2)C3)n1CC. The minimum Gasteiger partial charge on any atom is -0.348 e. The summed E-state index contributed by atoms with van der Waals surface area (Å²) in [7, 11) is 0. The first-order valence-electron chi connectivity index (χ1n) is 9.96. The van der Waals surface area contributed by atoms with E-state index in [1.54, 1.807) is 11.8 Å². The highest BCUT2D eigenvalue weighted by molar-refractivity contribution is 7.99. The largest absolute Gasteiger partial charge is 0.348 e. The zero-order chi connectivity index (χ0) is 17.4. The summed E-state index contributed by atoms with van der Waals surface area (Å²) >= 11 is 1.75. The maximum absolute atomic E-state index is 13.1. The maximum atomic E-state index is 13.1. The van der Waals surface area contributed by atoms with Crippen LogP contribution < -0.4 is 5.32 Å². The smallest absolute Gasteiger partial charge is 0.226 e. The Balaban J connectivity index is 1.42. The van der Waals surface area contributed by atoms with Crippen LogP contribution in [-0.2, 0) is 17.9 Å². The van der Waals surface area contributed by atoms with Crippen LogP contribution in [0, 0.1) is 23.2 Å². The molecule has 0 aromatic carbocycles. The van der Waals surface area contributed by atoms with Gasteiger partial charge in [0.2, 0.25) is 5.91 Å². The summed E-state index contributed by atoms with van der Waals surface area (Å²) in [6.45, 7) is 5.64. The number of carbonyl (C=O) groups is 1. The lowest BCUT2D eigenvalue weighted by molar-refractivity contribution is -0.146. The highest BCUT2D eigenvalue weighted by atomic mass is 32.2. The average molecular weight is 363 g/mol. The second kappa shape index (κ2) is 6.93. The molecule has 4 saturated carbocycles. The lowest BCUT2D eigenvalue weighted by atomic mass is 9.49. The van der Waals surface area contributed by atoms with Gasteiger partial charge in [-0.15, -0.1) is 10.2 Å². The Bertz CT molecular complexity index is 606. The Labute approximate surface area is 154 Å². The molecule has 5 rings (SSSR count). The molecule has 1 aromatic rings. The van der Waals surface area contributed by atoms with Crippen LogP contribution in [0.25, 0.3) is 0 Å².